The van der Waals surface area contributed by atoms with E-state index < -0.39 is 0 Å². The molecule has 2 rings (SSSR count). The maximum absolute atomic E-state index is 9.22. The Bertz CT molecular complexity index is 403. The second kappa shape index (κ2) is 4.86. The Morgan fingerprint density at radius 3 is 2.62 bits per heavy atom. The van der Waals surface area contributed by atoms with Gasteiger partial charge in [-0.15, -0.1) is 0 Å². The van der Waals surface area contributed by atoms with E-state index in [1.165, 1.54) is 0 Å². The average molecular weight is 235 g/mol. The van der Waals surface area contributed by atoms with Crippen molar-refractivity contribution in [3.8, 4) is 6.07 Å². The van der Waals surface area contributed by atoms with Crippen molar-refractivity contribution in [3.05, 3.63) is 34.9 Å². The molecule has 3 heteroatoms. The molecular weight excluding hydrogens is 220 g/mol. The first-order valence-electron chi connectivity index (χ1n) is 5.65. The van der Waals surface area contributed by atoms with Crippen LogP contribution in [-0.2, 0) is 6.54 Å². The molecule has 0 unspecified atom stereocenters. The summed E-state index contributed by atoms with van der Waals surface area (Å²) < 4.78 is 0. The lowest BCUT2D eigenvalue weighted by Crippen LogP contribution is -2.40. The van der Waals surface area contributed by atoms with Crippen LogP contribution in [0.5, 0.6) is 0 Å². The lowest BCUT2D eigenvalue weighted by Gasteiger charge is -2.22. The molecule has 0 heterocycles. The predicted octanol–water partition coefficient (Wildman–Crippen LogP) is 3.27. The molecule has 2 nitrogen and oxygen atoms in total. The van der Waals surface area contributed by atoms with Gasteiger partial charge < -0.3 is 0 Å². The maximum Gasteiger partial charge on any atom is 0.107 e. The van der Waals surface area contributed by atoms with Gasteiger partial charge in [-0.1, -0.05) is 42.6 Å². The molecule has 0 radical (unpaired) electrons. The van der Waals surface area contributed by atoms with Crippen molar-refractivity contribution in [2.24, 2.45) is 0 Å². The highest BCUT2D eigenvalue weighted by Crippen LogP contribution is 2.29. The lowest BCUT2D eigenvalue weighted by atomic mass is 9.99. The second-order valence-corrected chi connectivity index (χ2v) is 4.75. The van der Waals surface area contributed by atoms with Crippen molar-refractivity contribution in [2.45, 2.75) is 37.8 Å². The molecule has 1 aliphatic carbocycles. The van der Waals surface area contributed by atoms with Gasteiger partial charge >= 0.3 is 0 Å². The zero-order valence-corrected chi connectivity index (χ0v) is 9.93. The third-order valence-corrected chi connectivity index (χ3v) is 3.61. The fourth-order valence-electron chi connectivity index (χ4n) is 2.21. The van der Waals surface area contributed by atoms with E-state index in [-0.39, 0.29) is 5.54 Å². The fraction of sp³-hybridized carbons (Fsp3) is 0.462. The molecule has 1 aromatic rings. The molecule has 0 aliphatic heterocycles. The van der Waals surface area contributed by atoms with Crippen LogP contribution in [0.3, 0.4) is 0 Å². The Morgan fingerprint density at radius 2 is 2.00 bits per heavy atom. The highest BCUT2D eigenvalue weighted by Gasteiger charge is 2.33. The summed E-state index contributed by atoms with van der Waals surface area (Å²) in [4.78, 5) is 0. The summed E-state index contributed by atoms with van der Waals surface area (Å²) >= 11 is 6.08. The van der Waals surface area contributed by atoms with E-state index in [0.29, 0.717) is 6.54 Å². The highest BCUT2D eigenvalue weighted by atomic mass is 35.5. The smallest absolute Gasteiger partial charge is 0.107 e. The number of hydrogen-bond donors (Lipinski definition) is 1. The zero-order valence-electron chi connectivity index (χ0n) is 9.17. The molecule has 1 fully saturated rings. The maximum atomic E-state index is 9.22. The third-order valence-electron chi connectivity index (χ3n) is 3.25. The van der Waals surface area contributed by atoms with Crippen molar-refractivity contribution in [1.82, 2.24) is 5.32 Å². The van der Waals surface area contributed by atoms with Gasteiger partial charge in [0.05, 0.1) is 6.07 Å². The highest BCUT2D eigenvalue weighted by molar-refractivity contribution is 6.31. The van der Waals surface area contributed by atoms with Gasteiger partial charge in [0.25, 0.3) is 0 Å². The summed E-state index contributed by atoms with van der Waals surface area (Å²) in [6.45, 7) is 0.674. The summed E-state index contributed by atoms with van der Waals surface area (Å²) in [7, 11) is 0. The lowest BCUT2D eigenvalue weighted by molar-refractivity contribution is 0.421. The average Bonchev–Trinajstić information content (AvgIpc) is 2.78. The van der Waals surface area contributed by atoms with E-state index >= 15 is 0 Å². The first kappa shape index (κ1) is 11.4. The number of benzene rings is 1. The monoisotopic (exact) mass is 234 g/mol. The van der Waals surface area contributed by atoms with Crippen LogP contribution in [0.15, 0.2) is 24.3 Å². The standard InChI is InChI=1S/C13H15ClN2/c14-12-6-2-1-5-11(12)9-16-13(10-15)7-3-4-8-13/h1-2,5-6,16H,3-4,7-9H2. The predicted molar refractivity (Wildman–Crippen MR) is 65.1 cm³/mol. The molecular formula is C13H15ClN2. The Morgan fingerprint density at radius 1 is 1.31 bits per heavy atom. The largest absolute Gasteiger partial charge is 0.295 e. The SMILES string of the molecule is N#CC1(NCc2ccccc2Cl)CCCC1. The van der Waals surface area contributed by atoms with E-state index in [1.807, 2.05) is 24.3 Å². The summed E-state index contributed by atoms with van der Waals surface area (Å²) in [6, 6.07) is 10.2. The zero-order chi connectivity index (χ0) is 11.4. The van der Waals surface area contributed by atoms with Crippen LogP contribution in [0.2, 0.25) is 5.02 Å². The Balaban J connectivity index is 2.02. The molecule has 1 N–H and O–H groups in total. The Hall–Kier alpha value is -1.04. The van der Waals surface area contributed by atoms with Crippen molar-refractivity contribution < 1.29 is 0 Å². The van der Waals surface area contributed by atoms with Crippen molar-refractivity contribution in [2.75, 3.05) is 0 Å². The Labute approximate surface area is 101 Å². The van der Waals surface area contributed by atoms with E-state index in [9.17, 15) is 5.26 Å². The molecule has 1 aromatic carbocycles. The van der Waals surface area contributed by atoms with Gasteiger partial charge in [0, 0.05) is 11.6 Å². The van der Waals surface area contributed by atoms with Gasteiger partial charge in [-0.25, -0.2) is 0 Å². The van der Waals surface area contributed by atoms with Crippen LogP contribution < -0.4 is 5.32 Å². The van der Waals surface area contributed by atoms with Gasteiger partial charge in [-0.3, -0.25) is 5.32 Å². The third kappa shape index (κ3) is 2.37. The van der Waals surface area contributed by atoms with Crippen LogP contribution in [0.1, 0.15) is 31.2 Å². The summed E-state index contributed by atoms with van der Waals surface area (Å²) in [6.07, 6.45) is 4.19. The van der Waals surface area contributed by atoms with E-state index in [0.717, 1.165) is 36.3 Å². The Kier molecular flexibility index (Phi) is 3.48. The van der Waals surface area contributed by atoms with Crippen molar-refractivity contribution in [1.29, 1.82) is 5.26 Å². The minimum absolute atomic E-state index is 0.320. The van der Waals surface area contributed by atoms with Crippen LogP contribution >= 0.6 is 11.6 Å². The number of halogens is 1. The molecule has 0 amide bonds. The molecule has 84 valence electrons. The van der Waals surface area contributed by atoms with E-state index in [1.54, 1.807) is 0 Å². The minimum Gasteiger partial charge on any atom is -0.295 e. The van der Waals surface area contributed by atoms with E-state index in [2.05, 4.69) is 11.4 Å². The topological polar surface area (TPSA) is 35.8 Å². The van der Waals surface area contributed by atoms with Gasteiger partial charge in [0.2, 0.25) is 0 Å². The van der Waals surface area contributed by atoms with Crippen LogP contribution in [0.4, 0.5) is 0 Å². The number of nitrogens with zero attached hydrogens (tertiary/aromatic N) is 1. The first-order chi connectivity index (χ1) is 7.76. The molecule has 0 saturated heterocycles. The van der Waals surface area contributed by atoms with Gasteiger partial charge in [-0.2, -0.15) is 5.26 Å². The summed E-state index contributed by atoms with van der Waals surface area (Å²) in [5.74, 6) is 0. The molecule has 0 spiro atoms. The minimum atomic E-state index is -0.320. The molecule has 0 atom stereocenters. The number of nitriles is 1. The van der Waals surface area contributed by atoms with Crippen LogP contribution in [0.25, 0.3) is 0 Å². The van der Waals surface area contributed by atoms with Gasteiger partial charge in [0.15, 0.2) is 0 Å². The molecule has 1 aliphatic rings. The molecule has 16 heavy (non-hydrogen) atoms. The van der Waals surface area contributed by atoms with E-state index in [4.69, 9.17) is 11.6 Å². The number of nitrogens with one attached hydrogen (secondary N) is 1. The van der Waals surface area contributed by atoms with Gasteiger partial charge in [0.1, 0.15) is 5.54 Å². The van der Waals surface area contributed by atoms with Crippen LogP contribution in [-0.4, -0.2) is 5.54 Å². The van der Waals surface area contributed by atoms with Crippen molar-refractivity contribution in [3.63, 3.8) is 0 Å². The van der Waals surface area contributed by atoms with Crippen LogP contribution in [0, 0.1) is 11.3 Å². The fourth-order valence-corrected chi connectivity index (χ4v) is 2.42. The molecule has 0 bridgehead atoms. The molecule has 0 aromatic heterocycles. The van der Waals surface area contributed by atoms with Gasteiger partial charge in [-0.05, 0) is 24.5 Å². The number of hydrogen-bond acceptors (Lipinski definition) is 2. The second-order valence-electron chi connectivity index (χ2n) is 4.35. The quantitative estimate of drug-likeness (QED) is 0.872. The first-order valence-corrected chi connectivity index (χ1v) is 6.03. The molecule has 1 saturated carbocycles. The summed E-state index contributed by atoms with van der Waals surface area (Å²) in [5, 5.41) is 13.3. The number of rotatable bonds is 3. The van der Waals surface area contributed by atoms with Crippen molar-refractivity contribution >= 4 is 11.6 Å². The summed E-state index contributed by atoms with van der Waals surface area (Å²) in [5.41, 5.74) is 0.741. The normalized spacial score (nSPS) is 18.2.